The molecule has 0 N–H and O–H groups in total. The van der Waals surface area contributed by atoms with Crippen molar-refractivity contribution in [2.45, 2.75) is 51.2 Å². The van der Waals surface area contributed by atoms with Crippen molar-refractivity contribution in [1.29, 1.82) is 0 Å². The Morgan fingerprint density at radius 3 is 2.52 bits per heavy atom. The highest BCUT2D eigenvalue weighted by Crippen LogP contribution is 2.24. The summed E-state index contributed by atoms with van der Waals surface area (Å²) in [6.07, 6.45) is 5.52. The number of likely N-dealkylation sites (N-methyl/N-ethyl adjacent to an activating group) is 1. The summed E-state index contributed by atoms with van der Waals surface area (Å²) in [5.74, 6) is 0.826. The lowest BCUT2D eigenvalue weighted by Crippen LogP contribution is -2.44. The molecule has 3 rings (SSSR count). The number of nitrogens with zero attached hydrogens (tertiary/aromatic N) is 1. The van der Waals surface area contributed by atoms with Crippen LogP contribution in [0, 0.1) is 0 Å². The van der Waals surface area contributed by atoms with E-state index in [0.29, 0.717) is 6.04 Å². The monoisotopic (exact) mass is 311 g/mol. The van der Waals surface area contributed by atoms with Crippen molar-refractivity contribution in [1.82, 2.24) is 4.90 Å². The quantitative estimate of drug-likeness (QED) is 0.837. The molecule has 1 unspecified atom stereocenters. The van der Waals surface area contributed by atoms with Gasteiger partial charge in [-0.05, 0) is 42.7 Å². The van der Waals surface area contributed by atoms with Crippen LogP contribution in [0.5, 0.6) is 5.75 Å². The standard InChI is InChI=1S/C20H25NO2/c1-15(20(22)21(2)18-10-4-3-5-11-18)23-19-13-12-16-8-6-7-9-17(16)14-19/h6-9,12-15,18H,3-5,10-11H2,1-2H3. The number of fused-ring (bicyclic) bond motifs is 1. The van der Waals surface area contributed by atoms with Crippen LogP contribution in [0.1, 0.15) is 39.0 Å². The molecule has 0 radical (unpaired) electrons. The zero-order valence-electron chi connectivity index (χ0n) is 14.0. The third-order valence-corrected chi connectivity index (χ3v) is 4.85. The molecular weight excluding hydrogens is 286 g/mol. The summed E-state index contributed by atoms with van der Waals surface area (Å²) >= 11 is 0. The summed E-state index contributed by atoms with van der Waals surface area (Å²) in [6.45, 7) is 1.84. The number of hydrogen-bond donors (Lipinski definition) is 0. The fourth-order valence-electron chi connectivity index (χ4n) is 3.43. The third kappa shape index (κ3) is 3.66. The lowest BCUT2D eigenvalue weighted by Gasteiger charge is -2.32. The maximum Gasteiger partial charge on any atom is 0.263 e. The Bertz CT molecular complexity index is 676. The topological polar surface area (TPSA) is 29.5 Å². The van der Waals surface area contributed by atoms with E-state index in [1.807, 2.05) is 49.2 Å². The summed E-state index contributed by atoms with van der Waals surface area (Å²) < 4.78 is 5.90. The lowest BCUT2D eigenvalue weighted by atomic mass is 9.94. The number of rotatable bonds is 4. The van der Waals surface area contributed by atoms with Crippen LogP contribution in [0.15, 0.2) is 42.5 Å². The highest BCUT2D eigenvalue weighted by Gasteiger charge is 2.26. The molecule has 0 bridgehead atoms. The number of amides is 1. The van der Waals surface area contributed by atoms with Crippen LogP contribution in [-0.4, -0.2) is 30.0 Å². The van der Waals surface area contributed by atoms with Crippen LogP contribution in [0.3, 0.4) is 0 Å². The Balaban J connectivity index is 1.66. The van der Waals surface area contributed by atoms with E-state index < -0.39 is 6.10 Å². The molecule has 1 aliphatic rings. The number of ether oxygens (including phenoxy) is 1. The van der Waals surface area contributed by atoms with Crippen LogP contribution in [-0.2, 0) is 4.79 Å². The van der Waals surface area contributed by atoms with Crippen LogP contribution in [0.4, 0.5) is 0 Å². The molecule has 0 saturated heterocycles. The SMILES string of the molecule is CC(Oc1ccc2ccccc2c1)C(=O)N(C)C1CCCCC1. The first-order chi connectivity index (χ1) is 11.1. The van der Waals surface area contributed by atoms with Gasteiger partial charge in [0.15, 0.2) is 6.10 Å². The van der Waals surface area contributed by atoms with Gasteiger partial charge in [-0.3, -0.25) is 4.79 Å². The van der Waals surface area contributed by atoms with E-state index >= 15 is 0 Å². The summed E-state index contributed by atoms with van der Waals surface area (Å²) in [5, 5.41) is 2.31. The average Bonchev–Trinajstić information content (AvgIpc) is 2.61. The molecule has 23 heavy (non-hydrogen) atoms. The third-order valence-electron chi connectivity index (χ3n) is 4.85. The first kappa shape index (κ1) is 15.9. The van der Waals surface area contributed by atoms with Crippen molar-refractivity contribution in [3.63, 3.8) is 0 Å². The van der Waals surface area contributed by atoms with Crippen molar-refractivity contribution >= 4 is 16.7 Å². The number of carbonyl (C=O) groups is 1. The number of benzene rings is 2. The second-order valence-electron chi connectivity index (χ2n) is 6.51. The number of hydrogen-bond acceptors (Lipinski definition) is 2. The Morgan fingerprint density at radius 2 is 1.78 bits per heavy atom. The second-order valence-corrected chi connectivity index (χ2v) is 6.51. The first-order valence-corrected chi connectivity index (χ1v) is 8.57. The molecule has 2 aromatic carbocycles. The van der Waals surface area contributed by atoms with Gasteiger partial charge in [0, 0.05) is 13.1 Å². The zero-order valence-corrected chi connectivity index (χ0v) is 14.0. The number of carbonyl (C=O) groups excluding carboxylic acids is 1. The van der Waals surface area contributed by atoms with Crippen molar-refractivity contribution in [3.05, 3.63) is 42.5 Å². The molecule has 1 fully saturated rings. The van der Waals surface area contributed by atoms with Gasteiger partial charge in [-0.2, -0.15) is 0 Å². The molecular formula is C20H25NO2. The predicted molar refractivity (Wildman–Crippen MR) is 93.7 cm³/mol. The van der Waals surface area contributed by atoms with E-state index in [0.717, 1.165) is 24.0 Å². The maximum absolute atomic E-state index is 12.6. The molecule has 3 nitrogen and oxygen atoms in total. The van der Waals surface area contributed by atoms with Crippen molar-refractivity contribution in [2.75, 3.05) is 7.05 Å². The summed E-state index contributed by atoms with van der Waals surface area (Å²) in [4.78, 5) is 14.5. The van der Waals surface area contributed by atoms with Gasteiger partial charge in [-0.25, -0.2) is 0 Å². The molecule has 1 aliphatic carbocycles. The Hall–Kier alpha value is -2.03. The molecule has 0 spiro atoms. The smallest absolute Gasteiger partial charge is 0.263 e. The minimum atomic E-state index is -0.455. The molecule has 122 valence electrons. The van der Waals surface area contributed by atoms with Gasteiger partial charge in [0.2, 0.25) is 0 Å². The van der Waals surface area contributed by atoms with Gasteiger partial charge in [-0.1, -0.05) is 49.6 Å². The molecule has 1 saturated carbocycles. The van der Waals surface area contributed by atoms with Gasteiger partial charge < -0.3 is 9.64 Å². The second kappa shape index (κ2) is 7.03. The van der Waals surface area contributed by atoms with E-state index in [-0.39, 0.29) is 5.91 Å². The van der Waals surface area contributed by atoms with Crippen LogP contribution >= 0.6 is 0 Å². The minimum Gasteiger partial charge on any atom is -0.481 e. The average molecular weight is 311 g/mol. The Kier molecular flexibility index (Phi) is 4.85. The zero-order chi connectivity index (χ0) is 16.2. The summed E-state index contributed by atoms with van der Waals surface area (Å²) in [6, 6.07) is 14.5. The molecule has 0 aromatic heterocycles. The van der Waals surface area contributed by atoms with Gasteiger partial charge in [0.05, 0.1) is 0 Å². The van der Waals surface area contributed by atoms with Gasteiger partial charge in [0.25, 0.3) is 5.91 Å². The van der Waals surface area contributed by atoms with Gasteiger partial charge >= 0.3 is 0 Å². The van der Waals surface area contributed by atoms with E-state index in [1.54, 1.807) is 0 Å². The first-order valence-electron chi connectivity index (χ1n) is 8.57. The molecule has 2 aromatic rings. The molecule has 3 heteroatoms. The fraction of sp³-hybridized carbons (Fsp3) is 0.450. The lowest BCUT2D eigenvalue weighted by molar-refractivity contribution is -0.139. The minimum absolute atomic E-state index is 0.0741. The fourth-order valence-corrected chi connectivity index (χ4v) is 3.43. The summed E-state index contributed by atoms with van der Waals surface area (Å²) in [7, 11) is 1.92. The van der Waals surface area contributed by atoms with E-state index in [1.165, 1.54) is 24.6 Å². The van der Waals surface area contributed by atoms with Crippen LogP contribution in [0.2, 0.25) is 0 Å². The highest BCUT2D eigenvalue weighted by atomic mass is 16.5. The molecule has 1 atom stereocenters. The van der Waals surface area contributed by atoms with E-state index in [2.05, 4.69) is 12.1 Å². The van der Waals surface area contributed by atoms with Crippen molar-refractivity contribution in [3.8, 4) is 5.75 Å². The Morgan fingerprint density at radius 1 is 1.09 bits per heavy atom. The van der Waals surface area contributed by atoms with Gasteiger partial charge in [-0.15, -0.1) is 0 Å². The molecule has 0 heterocycles. The molecule has 1 amide bonds. The van der Waals surface area contributed by atoms with Crippen LogP contribution < -0.4 is 4.74 Å². The highest BCUT2D eigenvalue weighted by molar-refractivity contribution is 5.84. The van der Waals surface area contributed by atoms with Crippen LogP contribution in [0.25, 0.3) is 10.8 Å². The van der Waals surface area contributed by atoms with Crippen molar-refractivity contribution in [2.24, 2.45) is 0 Å². The largest absolute Gasteiger partial charge is 0.481 e. The Labute approximate surface area is 138 Å². The van der Waals surface area contributed by atoms with E-state index in [4.69, 9.17) is 4.74 Å². The summed E-state index contributed by atoms with van der Waals surface area (Å²) in [5.41, 5.74) is 0. The van der Waals surface area contributed by atoms with Crippen molar-refractivity contribution < 1.29 is 9.53 Å². The normalized spacial score (nSPS) is 17.0. The predicted octanol–water partition coefficient (Wildman–Crippen LogP) is 4.40. The van der Waals surface area contributed by atoms with E-state index in [9.17, 15) is 4.79 Å². The molecule has 0 aliphatic heterocycles. The maximum atomic E-state index is 12.6. The van der Waals surface area contributed by atoms with Gasteiger partial charge in [0.1, 0.15) is 5.75 Å².